The highest BCUT2D eigenvalue weighted by Gasteiger charge is 2.22. The first-order valence-electron chi connectivity index (χ1n) is 5.68. The highest BCUT2D eigenvalue weighted by atomic mass is 127. The minimum Gasteiger partial charge on any atom is -0.480 e. The number of carbonyl (C=O) groups excluding carboxylic acids is 1. The lowest BCUT2D eigenvalue weighted by Gasteiger charge is -2.16. The Morgan fingerprint density at radius 3 is 2.44 bits per heavy atom. The van der Waals surface area contributed by atoms with Gasteiger partial charge >= 0.3 is 5.97 Å². The molecule has 4 nitrogen and oxygen atoms in total. The fourth-order valence-corrected chi connectivity index (χ4v) is 2.03. The summed E-state index contributed by atoms with van der Waals surface area (Å²) in [6.45, 7) is 3.47. The quantitative estimate of drug-likeness (QED) is 0.789. The summed E-state index contributed by atoms with van der Waals surface area (Å²) in [5.41, 5.74) is 0.926. The molecule has 0 radical (unpaired) electrons. The monoisotopic (exact) mass is 361 g/mol. The van der Waals surface area contributed by atoms with Crippen molar-refractivity contribution in [3.8, 4) is 0 Å². The molecule has 2 N–H and O–H groups in total. The SMILES string of the molecule is CC(C)C(=O)N[C@@H](Cc1ccccc1I)C(=O)O. The molecule has 1 aromatic rings. The highest BCUT2D eigenvalue weighted by Crippen LogP contribution is 2.13. The van der Waals surface area contributed by atoms with Crippen LogP contribution in [0.2, 0.25) is 0 Å². The predicted octanol–water partition coefficient (Wildman–Crippen LogP) is 2.06. The van der Waals surface area contributed by atoms with E-state index in [0.29, 0.717) is 6.42 Å². The lowest BCUT2D eigenvalue weighted by atomic mass is 10.1. The maximum Gasteiger partial charge on any atom is 0.326 e. The number of carboxylic acid groups (broad SMARTS) is 1. The van der Waals surface area contributed by atoms with Crippen molar-refractivity contribution in [2.45, 2.75) is 26.3 Å². The summed E-state index contributed by atoms with van der Waals surface area (Å²) in [5.74, 6) is -1.47. The van der Waals surface area contributed by atoms with Crippen LogP contribution >= 0.6 is 22.6 Å². The van der Waals surface area contributed by atoms with Crippen molar-refractivity contribution in [2.75, 3.05) is 0 Å². The van der Waals surface area contributed by atoms with Gasteiger partial charge in [-0.05, 0) is 34.2 Å². The molecule has 0 aromatic heterocycles. The Morgan fingerprint density at radius 2 is 1.94 bits per heavy atom. The van der Waals surface area contributed by atoms with Crippen molar-refractivity contribution in [2.24, 2.45) is 5.92 Å². The Kier molecular flexibility index (Phi) is 5.58. The summed E-state index contributed by atoms with van der Waals surface area (Å²) in [7, 11) is 0. The average molecular weight is 361 g/mol. The summed E-state index contributed by atoms with van der Waals surface area (Å²) >= 11 is 2.16. The second-order valence-corrected chi connectivity index (χ2v) is 5.51. The molecule has 5 heteroatoms. The van der Waals surface area contributed by atoms with Crippen LogP contribution in [0.4, 0.5) is 0 Å². The Morgan fingerprint density at radius 1 is 1.33 bits per heavy atom. The number of amides is 1. The second kappa shape index (κ2) is 6.72. The summed E-state index contributed by atoms with van der Waals surface area (Å²) in [5, 5.41) is 11.7. The van der Waals surface area contributed by atoms with E-state index in [-0.39, 0.29) is 11.8 Å². The molecule has 1 rings (SSSR count). The lowest BCUT2D eigenvalue weighted by Crippen LogP contribution is -2.44. The van der Waals surface area contributed by atoms with E-state index in [9.17, 15) is 9.59 Å². The molecule has 18 heavy (non-hydrogen) atoms. The third-order valence-corrected chi connectivity index (χ3v) is 3.57. The first kappa shape index (κ1) is 14.9. The van der Waals surface area contributed by atoms with Crippen molar-refractivity contribution >= 4 is 34.5 Å². The van der Waals surface area contributed by atoms with Gasteiger partial charge in [0.2, 0.25) is 5.91 Å². The minimum atomic E-state index is -1.01. The number of benzene rings is 1. The van der Waals surface area contributed by atoms with Crippen LogP contribution in [0.3, 0.4) is 0 Å². The fraction of sp³-hybridized carbons (Fsp3) is 0.385. The molecule has 1 aromatic carbocycles. The molecule has 0 aliphatic carbocycles. The second-order valence-electron chi connectivity index (χ2n) is 4.35. The van der Waals surface area contributed by atoms with Crippen molar-refractivity contribution in [3.05, 3.63) is 33.4 Å². The van der Waals surface area contributed by atoms with Crippen molar-refractivity contribution in [1.82, 2.24) is 5.32 Å². The van der Waals surface area contributed by atoms with Crippen LogP contribution in [0.5, 0.6) is 0 Å². The Bertz CT molecular complexity index is 446. The Labute approximate surface area is 120 Å². The summed E-state index contributed by atoms with van der Waals surface area (Å²) < 4.78 is 1.00. The van der Waals surface area contributed by atoms with Gasteiger partial charge in [-0.25, -0.2) is 4.79 Å². The Balaban J connectivity index is 2.79. The molecule has 0 heterocycles. The smallest absolute Gasteiger partial charge is 0.326 e. The maximum absolute atomic E-state index is 11.6. The van der Waals surface area contributed by atoms with E-state index in [1.165, 1.54) is 0 Å². The van der Waals surface area contributed by atoms with Crippen LogP contribution in [-0.4, -0.2) is 23.0 Å². The molecule has 0 saturated carbocycles. The normalized spacial score (nSPS) is 12.2. The summed E-state index contributed by atoms with van der Waals surface area (Å²) in [6, 6.07) is 6.67. The number of nitrogens with one attached hydrogen (secondary N) is 1. The molecule has 0 unspecified atom stereocenters. The van der Waals surface area contributed by atoms with Crippen molar-refractivity contribution in [3.63, 3.8) is 0 Å². The average Bonchev–Trinajstić information content (AvgIpc) is 2.30. The molecule has 0 saturated heterocycles. The fourth-order valence-electron chi connectivity index (χ4n) is 1.42. The van der Waals surface area contributed by atoms with Gasteiger partial charge in [-0.1, -0.05) is 32.0 Å². The molecule has 1 amide bonds. The van der Waals surface area contributed by atoms with Gasteiger partial charge in [-0.15, -0.1) is 0 Å². The third-order valence-electron chi connectivity index (χ3n) is 2.52. The van der Waals surface area contributed by atoms with Crippen molar-refractivity contribution in [1.29, 1.82) is 0 Å². The first-order chi connectivity index (χ1) is 8.41. The summed E-state index contributed by atoms with van der Waals surface area (Å²) in [6.07, 6.45) is 0.299. The number of aliphatic carboxylic acids is 1. The number of carbonyl (C=O) groups is 2. The number of rotatable bonds is 5. The third kappa shape index (κ3) is 4.29. The van der Waals surface area contributed by atoms with Crippen LogP contribution in [-0.2, 0) is 16.0 Å². The maximum atomic E-state index is 11.6. The molecular weight excluding hydrogens is 345 g/mol. The molecule has 98 valence electrons. The summed E-state index contributed by atoms with van der Waals surface area (Å²) in [4.78, 5) is 22.7. The number of hydrogen-bond donors (Lipinski definition) is 2. The number of carboxylic acids is 1. The van der Waals surface area contributed by atoms with Gasteiger partial charge in [-0.2, -0.15) is 0 Å². The van der Waals surface area contributed by atoms with E-state index < -0.39 is 12.0 Å². The van der Waals surface area contributed by atoms with Gasteiger partial charge in [-0.3, -0.25) is 4.79 Å². The minimum absolute atomic E-state index is 0.221. The van der Waals surface area contributed by atoms with Gasteiger partial charge in [0.1, 0.15) is 6.04 Å². The van der Waals surface area contributed by atoms with Crippen LogP contribution in [0.15, 0.2) is 24.3 Å². The highest BCUT2D eigenvalue weighted by molar-refractivity contribution is 14.1. The van der Waals surface area contributed by atoms with Crippen LogP contribution in [0.25, 0.3) is 0 Å². The van der Waals surface area contributed by atoms with Gasteiger partial charge in [0.15, 0.2) is 0 Å². The van der Waals surface area contributed by atoms with Gasteiger partial charge in [0, 0.05) is 15.9 Å². The topological polar surface area (TPSA) is 66.4 Å². The lowest BCUT2D eigenvalue weighted by molar-refractivity contribution is -0.142. The molecule has 0 aliphatic heterocycles. The zero-order chi connectivity index (χ0) is 13.7. The zero-order valence-electron chi connectivity index (χ0n) is 10.3. The van der Waals surface area contributed by atoms with Gasteiger partial charge < -0.3 is 10.4 Å². The van der Waals surface area contributed by atoms with Gasteiger partial charge in [0.25, 0.3) is 0 Å². The van der Waals surface area contributed by atoms with E-state index in [1.807, 2.05) is 24.3 Å². The van der Waals surface area contributed by atoms with Crippen LogP contribution in [0.1, 0.15) is 19.4 Å². The molecule has 0 spiro atoms. The van der Waals surface area contributed by atoms with E-state index in [2.05, 4.69) is 27.9 Å². The van der Waals surface area contributed by atoms with E-state index in [1.54, 1.807) is 13.8 Å². The molecule has 0 aliphatic rings. The van der Waals surface area contributed by atoms with Crippen molar-refractivity contribution < 1.29 is 14.7 Å². The van der Waals surface area contributed by atoms with E-state index >= 15 is 0 Å². The molecule has 1 atom stereocenters. The van der Waals surface area contributed by atoms with Crippen LogP contribution in [0, 0.1) is 9.49 Å². The van der Waals surface area contributed by atoms with E-state index in [4.69, 9.17) is 5.11 Å². The number of hydrogen-bond acceptors (Lipinski definition) is 2. The molecular formula is C13H16INO3. The zero-order valence-corrected chi connectivity index (χ0v) is 12.5. The van der Waals surface area contributed by atoms with Crippen LogP contribution < -0.4 is 5.32 Å². The standard InChI is InChI=1S/C13H16INO3/c1-8(2)12(16)15-11(13(17)18)7-9-5-3-4-6-10(9)14/h3-6,8,11H,7H2,1-2H3,(H,15,16)(H,17,18)/t11-/m0/s1. The Hall–Kier alpha value is -1.11. The van der Waals surface area contributed by atoms with E-state index in [0.717, 1.165) is 9.13 Å². The molecule has 0 fully saturated rings. The van der Waals surface area contributed by atoms with Gasteiger partial charge in [0.05, 0.1) is 0 Å². The first-order valence-corrected chi connectivity index (χ1v) is 6.76. The molecule has 0 bridgehead atoms. The predicted molar refractivity (Wildman–Crippen MR) is 77.3 cm³/mol. The number of halogens is 1. The largest absolute Gasteiger partial charge is 0.480 e.